The van der Waals surface area contributed by atoms with Crippen LogP contribution in [-0.4, -0.2) is 37.4 Å². The molecule has 0 aliphatic heterocycles. The van der Waals surface area contributed by atoms with Crippen LogP contribution >= 0.6 is 0 Å². The molecule has 2 N–H and O–H groups in total. The smallest absolute Gasteiger partial charge is 0.0613 e. The molecule has 0 amide bonds. The number of nitrogens with one attached hydrogen (secondary N) is 1. The number of aliphatic hydroxyl groups excluding tert-OH is 1. The van der Waals surface area contributed by atoms with E-state index in [0.29, 0.717) is 0 Å². The van der Waals surface area contributed by atoms with Crippen molar-refractivity contribution in [3.8, 4) is 0 Å². The summed E-state index contributed by atoms with van der Waals surface area (Å²) in [7, 11) is 2.15. The Morgan fingerprint density at radius 3 is 2.48 bits per heavy atom. The Labute approximate surface area is 130 Å². The molecule has 1 rings (SSSR count). The van der Waals surface area contributed by atoms with Crippen LogP contribution in [0.1, 0.15) is 44.2 Å². The van der Waals surface area contributed by atoms with E-state index >= 15 is 0 Å². The van der Waals surface area contributed by atoms with Crippen LogP contribution in [0, 0.1) is 13.8 Å². The number of hydrogen-bond acceptors (Lipinski definition) is 3. The second-order valence-electron chi connectivity index (χ2n) is 6.14. The minimum absolute atomic E-state index is 0.113. The summed E-state index contributed by atoms with van der Waals surface area (Å²) in [5.41, 5.74) is 3.82. The van der Waals surface area contributed by atoms with Gasteiger partial charge in [-0.15, -0.1) is 0 Å². The molecule has 0 spiro atoms. The van der Waals surface area contributed by atoms with E-state index < -0.39 is 0 Å². The number of anilines is 1. The molecule has 1 atom stereocenters. The summed E-state index contributed by atoms with van der Waals surface area (Å²) < 4.78 is 0. The van der Waals surface area contributed by atoms with Gasteiger partial charge in [0.2, 0.25) is 0 Å². The first-order valence-electron chi connectivity index (χ1n) is 8.12. The van der Waals surface area contributed by atoms with Crippen LogP contribution in [0.3, 0.4) is 0 Å². The standard InChI is InChI=1S/C18H32N2O/c1-6-18(14-21,19-7-2)11-8-12-20(5)17-10-9-15(3)13-16(17)4/h9-10,13,19,21H,6-8,11-12,14H2,1-5H3. The summed E-state index contributed by atoms with van der Waals surface area (Å²) in [5, 5.41) is 13.1. The second kappa shape index (κ2) is 8.40. The Morgan fingerprint density at radius 2 is 1.95 bits per heavy atom. The second-order valence-corrected chi connectivity index (χ2v) is 6.14. The number of nitrogens with zero attached hydrogens (tertiary/aromatic N) is 1. The van der Waals surface area contributed by atoms with Gasteiger partial charge in [-0.25, -0.2) is 0 Å². The van der Waals surface area contributed by atoms with Crippen LogP contribution in [0.5, 0.6) is 0 Å². The molecule has 3 heteroatoms. The molecule has 0 heterocycles. The van der Waals surface area contributed by atoms with E-state index in [1.807, 2.05) is 0 Å². The molecule has 0 radical (unpaired) electrons. The third kappa shape index (κ3) is 5.01. The molecule has 1 unspecified atom stereocenters. The number of aryl methyl sites for hydroxylation is 2. The molecule has 0 fully saturated rings. The summed E-state index contributed by atoms with van der Waals surface area (Å²) in [4.78, 5) is 2.32. The van der Waals surface area contributed by atoms with Crippen LogP contribution in [-0.2, 0) is 0 Å². The van der Waals surface area contributed by atoms with Crippen molar-refractivity contribution in [2.45, 2.75) is 52.5 Å². The highest BCUT2D eigenvalue weighted by atomic mass is 16.3. The molecule has 0 aromatic heterocycles. The average molecular weight is 292 g/mol. The third-order valence-electron chi connectivity index (χ3n) is 4.44. The summed E-state index contributed by atoms with van der Waals surface area (Å²) in [6, 6.07) is 6.60. The Balaban J connectivity index is 2.58. The van der Waals surface area contributed by atoms with Crippen LogP contribution in [0.25, 0.3) is 0 Å². The SMILES string of the molecule is CCNC(CC)(CO)CCCN(C)c1ccc(C)cc1C. The summed E-state index contributed by atoms with van der Waals surface area (Å²) >= 11 is 0. The predicted molar refractivity (Wildman–Crippen MR) is 92.2 cm³/mol. The lowest BCUT2D eigenvalue weighted by Crippen LogP contribution is -2.48. The van der Waals surface area contributed by atoms with Gasteiger partial charge in [-0.1, -0.05) is 31.5 Å². The molecule has 0 aliphatic carbocycles. The molecular weight excluding hydrogens is 260 g/mol. The van der Waals surface area contributed by atoms with Crippen molar-refractivity contribution in [2.24, 2.45) is 0 Å². The van der Waals surface area contributed by atoms with Crippen LogP contribution < -0.4 is 10.2 Å². The van der Waals surface area contributed by atoms with E-state index in [-0.39, 0.29) is 12.1 Å². The summed E-state index contributed by atoms with van der Waals surface area (Å²) in [6.45, 7) is 10.7. The van der Waals surface area contributed by atoms with Gasteiger partial charge in [0.1, 0.15) is 0 Å². The first-order valence-corrected chi connectivity index (χ1v) is 8.12. The van der Waals surface area contributed by atoms with Gasteiger partial charge in [0.15, 0.2) is 0 Å². The molecule has 120 valence electrons. The van der Waals surface area contributed by atoms with E-state index in [1.54, 1.807) is 0 Å². The third-order valence-corrected chi connectivity index (χ3v) is 4.44. The zero-order valence-corrected chi connectivity index (χ0v) is 14.4. The van der Waals surface area contributed by atoms with E-state index in [2.05, 4.69) is 63.2 Å². The van der Waals surface area contributed by atoms with Gasteiger partial charge >= 0.3 is 0 Å². The van der Waals surface area contributed by atoms with Crippen LogP contribution in [0.2, 0.25) is 0 Å². The maximum Gasteiger partial charge on any atom is 0.0613 e. The Morgan fingerprint density at radius 1 is 1.24 bits per heavy atom. The van der Waals surface area contributed by atoms with Crippen LogP contribution in [0.15, 0.2) is 18.2 Å². The monoisotopic (exact) mass is 292 g/mol. The van der Waals surface area contributed by atoms with Crippen molar-refractivity contribution in [1.29, 1.82) is 0 Å². The average Bonchev–Trinajstić information content (AvgIpc) is 2.46. The van der Waals surface area contributed by atoms with Gasteiger partial charge in [-0.05, 0) is 51.3 Å². The van der Waals surface area contributed by atoms with E-state index in [0.717, 1.165) is 32.4 Å². The molecule has 0 bridgehead atoms. The van der Waals surface area contributed by atoms with Crippen LogP contribution in [0.4, 0.5) is 5.69 Å². The maximum atomic E-state index is 9.69. The number of rotatable bonds is 9. The number of likely N-dealkylation sites (N-methyl/N-ethyl adjacent to an activating group) is 1. The minimum Gasteiger partial charge on any atom is -0.394 e. The van der Waals surface area contributed by atoms with Crippen molar-refractivity contribution in [3.05, 3.63) is 29.3 Å². The topological polar surface area (TPSA) is 35.5 Å². The van der Waals surface area contributed by atoms with Crippen molar-refractivity contribution >= 4 is 5.69 Å². The van der Waals surface area contributed by atoms with Crippen molar-refractivity contribution < 1.29 is 5.11 Å². The lowest BCUT2D eigenvalue weighted by atomic mass is 9.91. The first-order chi connectivity index (χ1) is 9.98. The van der Waals surface area contributed by atoms with Gasteiger partial charge in [0, 0.05) is 24.8 Å². The normalized spacial score (nSPS) is 14.0. The van der Waals surface area contributed by atoms with Crippen molar-refractivity contribution in [1.82, 2.24) is 5.32 Å². The Kier molecular flexibility index (Phi) is 7.20. The highest BCUT2D eigenvalue weighted by molar-refractivity contribution is 5.53. The lowest BCUT2D eigenvalue weighted by molar-refractivity contribution is 0.147. The van der Waals surface area contributed by atoms with Crippen molar-refractivity contribution in [3.63, 3.8) is 0 Å². The molecule has 0 saturated heterocycles. The Bertz CT molecular complexity index is 427. The number of hydrogen-bond donors (Lipinski definition) is 2. The fraction of sp³-hybridized carbons (Fsp3) is 0.667. The summed E-state index contributed by atoms with van der Waals surface area (Å²) in [5.74, 6) is 0. The zero-order chi connectivity index (χ0) is 15.9. The Hall–Kier alpha value is -1.06. The highest BCUT2D eigenvalue weighted by Gasteiger charge is 2.25. The van der Waals surface area contributed by atoms with E-state index in [4.69, 9.17) is 0 Å². The number of aliphatic hydroxyl groups is 1. The fourth-order valence-electron chi connectivity index (χ4n) is 3.02. The lowest BCUT2D eigenvalue weighted by Gasteiger charge is -2.33. The quantitative estimate of drug-likeness (QED) is 0.733. The molecule has 21 heavy (non-hydrogen) atoms. The van der Waals surface area contributed by atoms with Gasteiger partial charge in [0.05, 0.1) is 6.61 Å². The molecule has 3 nitrogen and oxygen atoms in total. The first kappa shape index (κ1) is 18.0. The minimum atomic E-state index is -0.113. The summed E-state index contributed by atoms with van der Waals surface area (Å²) in [6.07, 6.45) is 3.04. The largest absolute Gasteiger partial charge is 0.394 e. The van der Waals surface area contributed by atoms with Gasteiger partial charge in [0.25, 0.3) is 0 Å². The molecule has 0 aliphatic rings. The van der Waals surface area contributed by atoms with E-state index in [1.165, 1.54) is 16.8 Å². The molecule has 1 aromatic rings. The molecule has 0 saturated carbocycles. The van der Waals surface area contributed by atoms with Crippen molar-refractivity contribution in [2.75, 3.05) is 31.6 Å². The number of benzene rings is 1. The van der Waals surface area contributed by atoms with Gasteiger partial charge in [-0.3, -0.25) is 0 Å². The zero-order valence-electron chi connectivity index (χ0n) is 14.4. The fourth-order valence-corrected chi connectivity index (χ4v) is 3.02. The highest BCUT2D eigenvalue weighted by Crippen LogP contribution is 2.22. The molecular formula is C18H32N2O. The maximum absolute atomic E-state index is 9.69. The van der Waals surface area contributed by atoms with Gasteiger partial charge in [-0.2, -0.15) is 0 Å². The van der Waals surface area contributed by atoms with Gasteiger partial charge < -0.3 is 15.3 Å². The molecule has 1 aromatic carbocycles. The predicted octanol–water partition coefficient (Wildman–Crippen LogP) is 3.27. The van der Waals surface area contributed by atoms with E-state index in [9.17, 15) is 5.11 Å².